The number of carbonyl (C=O) groups is 2. The van der Waals surface area contributed by atoms with Crippen molar-refractivity contribution < 1.29 is 14.7 Å². The molecule has 1 aromatic carbocycles. The van der Waals surface area contributed by atoms with Gasteiger partial charge in [-0.25, -0.2) is 4.79 Å². The van der Waals surface area contributed by atoms with Crippen LogP contribution in [0.5, 0.6) is 0 Å². The zero-order chi connectivity index (χ0) is 14.4. The number of rotatable bonds is 6. The van der Waals surface area contributed by atoms with Gasteiger partial charge in [-0.05, 0) is 24.1 Å². The number of carbonyl (C=O) groups excluding carboxylic acids is 1. The maximum absolute atomic E-state index is 11.8. The number of carboxylic acid groups (broad SMARTS) is 1. The molecule has 4 nitrogen and oxygen atoms in total. The fourth-order valence-corrected chi connectivity index (χ4v) is 2.10. The second-order valence-electron chi connectivity index (χ2n) is 4.16. The Morgan fingerprint density at radius 3 is 2.58 bits per heavy atom. The van der Waals surface area contributed by atoms with Crippen LogP contribution in [0.1, 0.15) is 25.3 Å². The second kappa shape index (κ2) is 7.36. The summed E-state index contributed by atoms with van der Waals surface area (Å²) in [5.41, 5.74) is 0.615. The van der Waals surface area contributed by atoms with E-state index in [0.29, 0.717) is 28.5 Å². The third kappa shape index (κ3) is 5.09. The van der Waals surface area contributed by atoms with Gasteiger partial charge in [0.1, 0.15) is 6.04 Å². The Balaban J connectivity index is 2.66. The van der Waals surface area contributed by atoms with E-state index in [-0.39, 0.29) is 12.3 Å². The van der Waals surface area contributed by atoms with Gasteiger partial charge in [0.05, 0.1) is 6.42 Å². The zero-order valence-corrected chi connectivity index (χ0v) is 12.0. The SMILES string of the molecule is CCCC(NC(=O)Cc1ccc(Cl)cc1Cl)C(=O)O. The molecule has 0 fully saturated rings. The summed E-state index contributed by atoms with van der Waals surface area (Å²) in [6, 6.07) is 3.98. The molecule has 1 unspecified atom stereocenters. The molecular weight excluding hydrogens is 289 g/mol. The zero-order valence-electron chi connectivity index (χ0n) is 10.5. The average molecular weight is 304 g/mol. The van der Waals surface area contributed by atoms with Crippen LogP contribution in [0.25, 0.3) is 0 Å². The van der Waals surface area contributed by atoms with Crippen molar-refractivity contribution in [2.75, 3.05) is 0 Å². The Hall–Kier alpha value is -1.26. The van der Waals surface area contributed by atoms with E-state index in [2.05, 4.69) is 5.32 Å². The van der Waals surface area contributed by atoms with Gasteiger partial charge in [-0.3, -0.25) is 4.79 Å². The number of aliphatic carboxylic acids is 1. The molecule has 0 bridgehead atoms. The number of carboxylic acids is 1. The fraction of sp³-hybridized carbons (Fsp3) is 0.385. The third-order valence-corrected chi connectivity index (χ3v) is 3.16. The predicted molar refractivity (Wildman–Crippen MR) is 74.6 cm³/mol. The van der Waals surface area contributed by atoms with Gasteiger partial charge < -0.3 is 10.4 Å². The van der Waals surface area contributed by atoms with Crippen molar-refractivity contribution >= 4 is 35.1 Å². The Morgan fingerprint density at radius 1 is 1.37 bits per heavy atom. The lowest BCUT2D eigenvalue weighted by Crippen LogP contribution is -2.41. The van der Waals surface area contributed by atoms with Crippen LogP contribution in [-0.4, -0.2) is 23.0 Å². The molecule has 1 aromatic rings. The van der Waals surface area contributed by atoms with E-state index in [1.807, 2.05) is 6.92 Å². The maximum atomic E-state index is 11.8. The molecule has 1 amide bonds. The van der Waals surface area contributed by atoms with Crippen molar-refractivity contribution in [3.63, 3.8) is 0 Å². The average Bonchev–Trinajstić information content (AvgIpc) is 2.32. The predicted octanol–water partition coefficient (Wildman–Crippen LogP) is 2.91. The quantitative estimate of drug-likeness (QED) is 0.849. The molecule has 6 heteroatoms. The molecule has 0 heterocycles. The lowest BCUT2D eigenvalue weighted by Gasteiger charge is -2.13. The lowest BCUT2D eigenvalue weighted by atomic mass is 10.1. The van der Waals surface area contributed by atoms with E-state index in [9.17, 15) is 9.59 Å². The summed E-state index contributed by atoms with van der Waals surface area (Å²) in [6.45, 7) is 1.86. The summed E-state index contributed by atoms with van der Waals surface area (Å²) >= 11 is 11.7. The smallest absolute Gasteiger partial charge is 0.326 e. The van der Waals surface area contributed by atoms with Gasteiger partial charge in [0.15, 0.2) is 0 Å². The van der Waals surface area contributed by atoms with Gasteiger partial charge in [-0.2, -0.15) is 0 Å². The molecule has 19 heavy (non-hydrogen) atoms. The Bertz CT molecular complexity index is 477. The topological polar surface area (TPSA) is 66.4 Å². The molecule has 104 valence electrons. The first-order valence-electron chi connectivity index (χ1n) is 5.90. The first-order chi connectivity index (χ1) is 8.93. The molecule has 0 radical (unpaired) electrons. The highest BCUT2D eigenvalue weighted by molar-refractivity contribution is 6.35. The Morgan fingerprint density at radius 2 is 2.05 bits per heavy atom. The lowest BCUT2D eigenvalue weighted by molar-refractivity contribution is -0.141. The molecule has 2 N–H and O–H groups in total. The number of nitrogens with one attached hydrogen (secondary N) is 1. The molecule has 0 spiro atoms. The summed E-state index contributed by atoms with van der Waals surface area (Å²) in [4.78, 5) is 22.7. The van der Waals surface area contributed by atoms with Gasteiger partial charge in [0, 0.05) is 10.0 Å². The van der Waals surface area contributed by atoms with Crippen LogP contribution < -0.4 is 5.32 Å². The highest BCUT2D eigenvalue weighted by Crippen LogP contribution is 2.21. The minimum Gasteiger partial charge on any atom is -0.480 e. The fourth-order valence-electron chi connectivity index (χ4n) is 1.63. The van der Waals surface area contributed by atoms with Gasteiger partial charge in [0.2, 0.25) is 5.91 Å². The van der Waals surface area contributed by atoms with E-state index in [1.165, 1.54) is 0 Å². The van der Waals surface area contributed by atoms with Crippen LogP contribution in [0.2, 0.25) is 10.0 Å². The highest BCUT2D eigenvalue weighted by atomic mass is 35.5. The molecule has 1 atom stereocenters. The third-order valence-electron chi connectivity index (χ3n) is 2.58. The van der Waals surface area contributed by atoms with Gasteiger partial charge in [-0.15, -0.1) is 0 Å². The molecule has 0 saturated carbocycles. The highest BCUT2D eigenvalue weighted by Gasteiger charge is 2.19. The number of benzene rings is 1. The molecule has 1 rings (SSSR count). The molecule has 0 aliphatic heterocycles. The van der Waals surface area contributed by atoms with E-state index < -0.39 is 12.0 Å². The van der Waals surface area contributed by atoms with Gasteiger partial charge in [-0.1, -0.05) is 42.6 Å². The van der Waals surface area contributed by atoms with E-state index in [4.69, 9.17) is 28.3 Å². The van der Waals surface area contributed by atoms with Crippen molar-refractivity contribution in [3.8, 4) is 0 Å². The standard InChI is InChI=1S/C13H15Cl2NO3/c1-2-3-11(13(18)19)16-12(17)6-8-4-5-9(14)7-10(8)15/h4-5,7,11H,2-3,6H2,1H3,(H,16,17)(H,18,19). The molecule has 0 aliphatic carbocycles. The molecule has 0 saturated heterocycles. The van der Waals surface area contributed by atoms with Gasteiger partial charge >= 0.3 is 5.97 Å². The first kappa shape index (κ1) is 15.8. The van der Waals surface area contributed by atoms with Gasteiger partial charge in [0.25, 0.3) is 0 Å². The van der Waals surface area contributed by atoms with Crippen molar-refractivity contribution in [3.05, 3.63) is 33.8 Å². The number of amides is 1. The normalized spacial score (nSPS) is 11.9. The van der Waals surface area contributed by atoms with Crippen molar-refractivity contribution in [1.82, 2.24) is 5.32 Å². The van der Waals surface area contributed by atoms with Crippen LogP contribution in [-0.2, 0) is 16.0 Å². The summed E-state index contributed by atoms with van der Waals surface area (Å²) in [5, 5.41) is 12.3. The number of halogens is 2. The largest absolute Gasteiger partial charge is 0.480 e. The van der Waals surface area contributed by atoms with Crippen LogP contribution in [0, 0.1) is 0 Å². The van der Waals surface area contributed by atoms with Crippen molar-refractivity contribution in [2.45, 2.75) is 32.2 Å². The summed E-state index contributed by atoms with van der Waals surface area (Å²) in [7, 11) is 0. The molecular formula is C13H15Cl2NO3. The number of hydrogen-bond donors (Lipinski definition) is 2. The molecule has 0 aromatic heterocycles. The van der Waals surface area contributed by atoms with Crippen LogP contribution in [0.4, 0.5) is 0 Å². The van der Waals surface area contributed by atoms with E-state index in [0.717, 1.165) is 0 Å². The summed E-state index contributed by atoms with van der Waals surface area (Å²) < 4.78 is 0. The Labute approximate surface area is 121 Å². The molecule has 0 aliphatic rings. The van der Waals surface area contributed by atoms with Crippen LogP contribution in [0.15, 0.2) is 18.2 Å². The minimum absolute atomic E-state index is 0.0312. The Kier molecular flexibility index (Phi) is 6.12. The first-order valence-corrected chi connectivity index (χ1v) is 6.65. The van der Waals surface area contributed by atoms with Crippen molar-refractivity contribution in [2.24, 2.45) is 0 Å². The van der Waals surface area contributed by atoms with Crippen LogP contribution in [0.3, 0.4) is 0 Å². The minimum atomic E-state index is -1.03. The van der Waals surface area contributed by atoms with Crippen LogP contribution >= 0.6 is 23.2 Å². The van der Waals surface area contributed by atoms with E-state index in [1.54, 1.807) is 18.2 Å². The monoisotopic (exact) mass is 303 g/mol. The van der Waals surface area contributed by atoms with E-state index >= 15 is 0 Å². The van der Waals surface area contributed by atoms with Crippen molar-refractivity contribution in [1.29, 1.82) is 0 Å². The number of hydrogen-bond acceptors (Lipinski definition) is 2. The maximum Gasteiger partial charge on any atom is 0.326 e. The summed E-state index contributed by atoms with van der Waals surface area (Å²) in [6.07, 6.45) is 1.11. The second-order valence-corrected chi connectivity index (χ2v) is 5.00. The summed E-state index contributed by atoms with van der Waals surface area (Å²) in [5.74, 6) is -1.40.